The summed E-state index contributed by atoms with van der Waals surface area (Å²) < 4.78 is 19.2. The van der Waals surface area contributed by atoms with Crippen LogP contribution in [-0.4, -0.2) is 28.7 Å². The zero-order valence-corrected chi connectivity index (χ0v) is 18.4. The van der Waals surface area contributed by atoms with Crippen molar-refractivity contribution in [3.8, 4) is 11.1 Å². The lowest BCUT2D eigenvalue weighted by Gasteiger charge is -2.43. The summed E-state index contributed by atoms with van der Waals surface area (Å²) >= 11 is 1.55. The van der Waals surface area contributed by atoms with E-state index in [4.69, 9.17) is 4.74 Å². The van der Waals surface area contributed by atoms with Crippen molar-refractivity contribution in [1.82, 2.24) is 4.90 Å². The zero-order valence-electron chi connectivity index (χ0n) is 17.6. The van der Waals surface area contributed by atoms with Crippen molar-refractivity contribution in [3.05, 3.63) is 82.3 Å². The van der Waals surface area contributed by atoms with E-state index in [1.165, 1.54) is 12.1 Å². The first-order valence-electron chi connectivity index (χ1n) is 10.5. The summed E-state index contributed by atoms with van der Waals surface area (Å²) in [7, 11) is 0. The van der Waals surface area contributed by atoms with Crippen LogP contribution in [0.2, 0.25) is 0 Å². The SMILES string of the molecule is C[C@@H](O)C[C@]1(c2cccs2)CCN([C@@H](C)c2ccc(-c3ccc(F)cc3)cc2)C(=O)O1. The summed E-state index contributed by atoms with van der Waals surface area (Å²) in [6.45, 7) is 4.26. The number of cyclic esters (lactones) is 1. The summed E-state index contributed by atoms with van der Waals surface area (Å²) in [4.78, 5) is 15.7. The van der Waals surface area contributed by atoms with Crippen molar-refractivity contribution in [1.29, 1.82) is 0 Å². The molecule has 6 heteroatoms. The lowest BCUT2D eigenvalue weighted by Crippen LogP contribution is -2.49. The van der Waals surface area contributed by atoms with Crippen LogP contribution in [0.1, 0.15) is 43.2 Å². The Labute approximate surface area is 185 Å². The van der Waals surface area contributed by atoms with E-state index in [9.17, 15) is 14.3 Å². The molecule has 0 unspecified atom stereocenters. The molecule has 3 atom stereocenters. The summed E-state index contributed by atoms with van der Waals surface area (Å²) in [5, 5.41) is 12.0. The third kappa shape index (κ3) is 4.50. The van der Waals surface area contributed by atoms with Gasteiger partial charge >= 0.3 is 6.09 Å². The molecule has 0 aliphatic carbocycles. The van der Waals surface area contributed by atoms with Gasteiger partial charge in [0.25, 0.3) is 0 Å². The molecule has 1 amide bonds. The van der Waals surface area contributed by atoms with Crippen LogP contribution in [0.4, 0.5) is 9.18 Å². The molecule has 0 radical (unpaired) electrons. The van der Waals surface area contributed by atoms with Crippen molar-refractivity contribution >= 4 is 17.4 Å². The second kappa shape index (κ2) is 8.81. The maximum atomic E-state index is 13.2. The van der Waals surface area contributed by atoms with Crippen LogP contribution in [0.3, 0.4) is 0 Å². The third-order valence-corrected chi connectivity index (χ3v) is 6.96. The second-order valence-corrected chi connectivity index (χ2v) is 9.09. The number of carbonyl (C=O) groups excluding carboxylic acids is 1. The fraction of sp³-hybridized carbons (Fsp3) is 0.320. The van der Waals surface area contributed by atoms with Gasteiger partial charge in [0.1, 0.15) is 5.82 Å². The molecule has 162 valence electrons. The number of hydrogen-bond acceptors (Lipinski definition) is 4. The molecule has 4 nitrogen and oxygen atoms in total. The van der Waals surface area contributed by atoms with Gasteiger partial charge < -0.3 is 14.7 Å². The minimum Gasteiger partial charge on any atom is -0.437 e. The number of halogens is 1. The van der Waals surface area contributed by atoms with E-state index in [1.807, 2.05) is 48.7 Å². The van der Waals surface area contributed by atoms with Crippen molar-refractivity contribution in [3.63, 3.8) is 0 Å². The highest BCUT2D eigenvalue weighted by Gasteiger charge is 2.44. The zero-order chi connectivity index (χ0) is 22.0. The Kier molecular flexibility index (Phi) is 6.12. The largest absolute Gasteiger partial charge is 0.437 e. The summed E-state index contributed by atoms with van der Waals surface area (Å²) in [5.74, 6) is -0.258. The van der Waals surface area contributed by atoms with E-state index >= 15 is 0 Å². The summed E-state index contributed by atoms with van der Waals surface area (Å²) in [6, 6.07) is 18.1. The standard InChI is InChI=1S/C25H26FNO3S/c1-17(28)16-25(23-4-3-15-31-23)13-14-27(24(29)30-25)18(2)19-5-7-20(8-6-19)21-9-11-22(26)12-10-21/h3-12,15,17-18,28H,13-14,16H2,1-2H3/t17-,18+,25+/m1/s1. The van der Waals surface area contributed by atoms with E-state index in [2.05, 4.69) is 0 Å². The lowest BCUT2D eigenvalue weighted by molar-refractivity contribution is -0.0794. The highest BCUT2D eigenvalue weighted by Crippen LogP contribution is 2.42. The van der Waals surface area contributed by atoms with Crippen molar-refractivity contribution in [2.24, 2.45) is 0 Å². The molecular weight excluding hydrogens is 413 g/mol. The van der Waals surface area contributed by atoms with Gasteiger partial charge in [-0.1, -0.05) is 42.5 Å². The number of aliphatic hydroxyl groups excluding tert-OH is 1. The van der Waals surface area contributed by atoms with Crippen LogP contribution >= 0.6 is 11.3 Å². The number of carbonyl (C=O) groups is 1. The molecule has 1 fully saturated rings. The van der Waals surface area contributed by atoms with Gasteiger partial charge in [0.15, 0.2) is 5.60 Å². The molecule has 4 rings (SSSR count). The molecule has 1 saturated heterocycles. The number of hydrogen-bond donors (Lipinski definition) is 1. The van der Waals surface area contributed by atoms with E-state index < -0.39 is 11.7 Å². The Morgan fingerprint density at radius 1 is 1.10 bits per heavy atom. The van der Waals surface area contributed by atoms with Crippen LogP contribution in [0.25, 0.3) is 11.1 Å². The van der Waals surface area contributed by atoms with Gasteiger partial charge in [-0.15, -0.1) is 11.3 Å². The second-order valence-electron chi connectivity index (χ2n) is 8.14. The Morgan fingerprint density at radius 3 is 2.29 bits per heavy atom. The van der Waals surface area contributed by atoms with Crippen molar-refractivity contribution in [2.45, 2.75) is 44.4 Å². The van der Waals surface area contributed by atoms with Gasteiger partial charge in [0.2, 0.25) is 0 Å². The molecule has 1 aliphatic heterocycles. The van der Waals surface area contributed by atoms with E-state index in [1.54, 1.807) is 35.3 Å². The quantitative estimate of drug-likeness (QED) is 0.503. The maximum Gasteiger partial charge on any atom is 0.411 e. The molecule has 0 spiro atoms. The number of nitrogens with zero attached hydrogens (tertiary/aromatic N) is 1. The highest BCUT2D eigenvalue weighted by molar-refractivity contribution is 7.10. The van der Waals surface area contributed by atoms with Gasteiger partial charge in [-0.25, -0.2) is 9.18 Å². The molecule has 2 aromatic carbocycles. The predicted molar refractivity (Wildman–Crippen MR) is 120 cm³/mol. The number of amides is 1. The first kappa shape index (κ1) is 21.5. The molecule has 31 heavy (non-hydrogen) atoms. The maximum absolute atomic E-state index is 13.2. The normalized spacial score (nSPS) is 20.9. The first-order chi connectivity index (χ1) is 14.9. The summed E-state index contributed by atoms with van der Waals surface area (Å²) in [6.07, 6.45) is 0.0732. The molecule has 3 aromatic rings. The van der Waals surface area contributed by atoms with Gasteiger partial charge in [-0.2, -0.15) is 0 Å². The number of thiophene rings is 1. The van der Waals surface area contributed by atoms with Gasteiger partial charge in [-0.3, -0.25) is 0 Å². The monoisotopic (exact) mass is 439 g/mol. The molecule has 0 bridgehead atoms. The predicted octanol–water partition coefficient (Wildman–Crippen LogP) is 6.12. The van der Waals surface area contributed by atoms with Gasteiger partial charge in [0.05, 0.1) is 12.1 Å². The van der Waals surface area contributed by atoms with Gasteiger partial charge in [0, 0.05) is 24.3 Å². The number of ether oxygens (including phenoxy) is 1. The van der Waals surface area contributed by atoms with Crippen LogP contribution in [-0.2, 0) is 10.3 Å². The van der Waals surface area contributed by atoms with E-state index in [0.717, 1.165) is 21.6 Å². The van der Waals surface area contributed by atoms with Crippen LogP contribution in [0.5, 0.6) is 0 Å². The molecule has 1 aliphatic rings. The van der Waals surface area contributed by atoms with Gasteiger partial charge in [-0.05, 0) is 54.1 Å². The van der Waals surface area contributed by atoms with E-state index in [0.29, 0.717) is 19.4 Å². The number of rotatable bonds is 6. The van der Waals surface area contributed by atoms with E-state index in [-0.39, 0.29) is 18.0 Å². The van der Waals surface area contributed by atoms with Crippen molar-refractivity contribution in [2.75, 3.05) is 6.54 Å². The minimum absolute atomic E-state index is 0.150. The minimum atomic E-state index is -0.776. The van der Waals surface area contributed by atoms with Crippen molar-refractivity contribution < 1.29 is 19.0 Å². The third-order valence-electron chi connectivity index (χ3n) is 5.91. The molecule has 1 N–H and O–H groups in total. The molecule has 1 aromatic heterocycles. The first-order valence-corrected chi connectivity index (χ1v) is 11.3. The Balaban J connectivity index is 1.50. The Hall–Kier alpha value is -2.70. The highest BCUT2D eigenvalue weighted by atomic mass is 32.1. The summed E-state index contributed by atoms with van der Waals surface area (Å²) in [5.41, 5.74) is 2.16. The Morgan fingerprint density at radius 2 is 1.74 bits per heavy atom. The topological polar surface area (TPSA) is 49.8 Å². The number of benzene rings is 2. The van der Waals surface area contributed by atoms with Crippen LogP contribution < -0.4 is 0 Å². The lowest BCUT2D eigenvalue weighted by atomic mass is 9.89. The average molecular weight is 440 g/mol. The molecule has 2 heterocycles. The smallest absolute Gasteiger partial charge is 0.411 e. The molecular formula is C25H26FNO3S. The number of aliphatic hydroxyl groups is 1. The fourth-order valence-corrected chi connectivity index (χ4v) is 5.13. The van der Waals surface area contributed by atoms with Crippen LogP contribution in [0, 0.1) is 5.82 Å². The van der Waals surface area contributed by atoms with Crippen LogP contribution in [0.15, 0.2) is 66.0 Å². The average Bonchev–Trinajstić information content (AvgIpc) is 3.29. The fourth-order valence-electron chi connectivity index (χ4n) is 4.23. The molecule has 0 saturated carbocycles. The Bertz CT molecular complexity index is 1020.